The number of carbonyl (C=O) groups is 1. The SMILES string of the molecule is Cc1ccc(C2CC2C(=O)n2c(=S)oc3cnccc32)cc1C. The Morgan fingerprint density at radius 3 is 2.91 bits per heavy atom. The van der Waals surface area contributed by atoms with Crippen LogP contribution in [0.3, 0.4) is 0 Å². The molecule has 1 fully saturated rings. The molecule has 2 heterocycles. The van der Waals surface area contributed by atoms with Crippen molar-refractivity contribution in [3.05, 3.63) is 58.2 Å². The molecule has 116 valence electrons. The van der Waals surface area contributed by atoms with Gasteiger partial charge in [-0.2, -0.15) is 0 Å². The summed E-state index contributed by atoms with van der Waals surface area (Å²) in [6.07, 6.45) is 4.09. The van der Waals surface area contributed by atoms with Crippen molar-refractivity contribution < 1.29 is 9.21 Å². The summed E-state index contributed by atoms with van der Waals surface area (Å²) >= 11 is 5.22. The van der Waals surface area contributed by atoms with Gasteiger partial charge in [0.1, 0.15) is 0 Å². The molecule has 2 unspecified atom stereocenters. The van der Waals surface area contributed by atoms with Crippen molar-refractivity contribution >= 4 is 29.2 Å². The van der Waals surface area contributed by atoms with Crippen molar-refractivity contribution in [2.75, 3.05) is 0 Å². The van der Waals surface area contributed by atoms with Crippen LogP contribution in [0.15, 0.2) is 41.1 Å². The van der Waals surface area contributed by atoms with Crippen LogP contribution in [-0.4, -0.2) is 15.5 Å². The number of carbonyl (C=O) groups excluding carboxylic acids is 1. The van der Waals surface area contributed by atoms with E-state index >= 15 is 0 Å². The maximum absolute atomic E-state index is 12.9. The quantitative estimate of drug-likeness (QED) is 0.655. The molecule has 4 rings (SSSR count). The Bertz CT molecular complexity index is 986. The van der Waals surface area contributed by atoms with Crippen LogP contribution in [0.2, 0.25) is 0 Å². The Balaban J connectivity index is 1.67. The van der Waals surface area contributed by atoms with Crippen LogP contribution >= 0.6 is 12.2 Å². The summed E-state index contributed by atoms with van der Waals surface area (Å²) in [4.78, 5) is 17.1. The zero-order chi connectivity index (χ0) is 16.1. The van der Waals surface area contributed by atoms with Crippen molar-refractivity contribution in [3.63, 3.8) is 0 Å². The molecule has 0 spiro atoms. The summed E-state index contributed by atoms with van der Waals surface area (Å²) in [5.41, 5.74) is 5.01. The number of pyridine rings is 1. The molecule has 0 bridgehead atoms. The van der Waals surface area contributed by atoms with Gasteiger partial charge in [-0.15, -0.1) is 0 Å². The molecule has 5 heteroatoms. The number of aryl methyl sites for hydroxylation is 2. The van der Waals surface area contributed by atoms with E-state index in [4.69, 9.17) is 16.6 Å². The first-order chi connectivity index (χ1) is 11.1. The second kappa shape index (κ2) is 5.13. The van der Waals surface area contributed by atoms with Gasteiger partial charge >= 0.3 is 0 Å². The number of hydrogen-bond donors (Lipinski definition) is 0. The fourth-order valence-electron chi connectivity index (χ4n) is 3.08. The number of benzene rings is 1. The second-order valence-corrected chi connectivity index (χ2v) is 6.53. The molecule has 0 saturated heterocycles. The lowest BCUT2D eigenvalue weighted by molar-refractivity contribution is 0.0883. The summed E-state index contributed by atoms with van der Waals surface area (Å²) in [7, 11) is 0. The van der Waals surface area contributed by atoms with Crippen LogP contribution in [-0.2, 0) is 0 Å². The lowest BCUT2D eigenvalue weighted by atomic mass is 10.0. The largest absolute Gasteiger partial charge is 0.427 e. The lowest BCUT2D eigenvalue weighted by Gasteiger charge is -2.05. The molecule has 0 aliphatic heterocycles. The maximum atomic E-state index is 12.9. The first-order valence-electron chi connectivity index (χ1n) is 7.63. The van der Waals surface area contributed by atoms with Crippen LogP contribution < -0.4 is 0 Å². The zero-order valence-corrected chi connectivity index (χ0v) is 13.8. The minimum Gasteiger partial charge on any atom is -0.427 e. The lowest BCUT2D eigenvalue weighted by Crippen LogP contribution is -2.13. The van der Waals surface area contributed by atoms with Crippen LogP contribution in [0.4, 0.5) is 0 Å². The summed E-state index contributed by atoms with van der Waals surface area (Å²) in [5.74, 6) is 0.261. The third-order valence-corrected chi connectivity index (χ3v) is 4.94. The summed E-state index contributed by atoms with van der Waals surface area (Å²) < 4.78 is 6.98. The van der Waals surface area contributed by atoms with E-state index in [-0.39, 0.29) is 22.6 Å². The monoisotopic (exact) mass is 324 g/mol. The average molecular weight is 324 g/mol. The molecule has 4 nitrogen and oxygen atoms in total. The normalized spacial score (nSPS) is 19.9. The molecule has 1 aliphatic carbocycles. The summed E-state index contributed by atoms with van der Waals surface area (Å²) in [6, 6.07) is 8.19. The first-order valence-corrected chi connectivity index (χ1v) is 8.04. The van der Waals surface area contributed by atoms with Crippen LogP contribution in [0.5, 0.6) is 0 Å². The van der Waals surface area contributed by atoms with Crippen molar-refractivity contribution in [1.29, 1.82) is 0 Å². The molecule has 2 aromatic heterocycles. The van der Waals surface area contributed by atoms with Gasteiger partial charge in [-0.25, -0.2) is 4.57 Å². The number of aromatic nitrogens is 2. The van der Waals surface area contributed by atoms with E-state index in [0.717, 1.165) is 6.42 Å². The molecule has 3 aromatic rings. The van der Waals surface area contributed by atoms with E-state index in [2.05, 4.69) is 37.0 Å². The fraction of sp³-hybridized carbons (Fsp3) is 0.278. The molecule has 1 saturated carbocycles. The highest BCUT2D eigenvalue weighted by Gasteiger charge is 2.45. The predicted octanol–water partition coefficient (Wildman–Crippen LogP) is 4.42. The van der Waals surface area contributed by atoms with E-state index in [1.165, 1.54) is 21.3 Å². The first kappa shape index (κ1) is 14.3. The van der Waals surface area contributed by atoms with Crippen molar-refractivity contribution in [1.82, 2.24) is 9.55 Å². The average Bonchev–Trinajstić information content (AvgIpc) is 3.25. The van der Waals surface area contributed by atoms with Gasteiger partial charge < -0.3 is 4.42 Å². The highest BCUT2D eigenvalue weighted by Crippen LogP contribution is 2.49. The van der Waals surface area contributed by atoms with Gasteiger partial charge in [0.15, 0.2) is 5.58 Å². The minimum atomic E-state index is -0.0298. The number of rotatable bonds is 2. The third kappa shape index (κ3) is 2.32. The van der Waals surface area contributed by atoms with Gasteiger partial charge in [-0.1, -0.05) is 18.2 Å². The second-order valence-electron chi connectivity index (χ2n) is 6.18. The van der Waals surface area contributed by atoms with E-state index < -0.39 is 0 Å². The van der Waals surface area contributed by atoms with Crippen LogP contribution in [0, 0.1) is 24.6 Å². The summed E-state index contributed by atoms with van der Waals surface area (Å²) in [6.45, 7) is 4.20. The Morgan fingerprint density at radius 2 is 2.13 bits per heavy atom. The van der Waals surface area contributed by atoms with Crippen LogP contribution in [0.25, 0.3) is 11.1 Å². The number of nitrogens with zero attached hydrogens (tertiary/aromatic N) is 2. The Kier molecular flexibility index (Phi) is 3.20. The van der Waals surface area contributed by atoms with E-state index in [9.17, 15) is 4.79 Å². The molecule has 1 aliphatic rings. The van der Waals surface area contributed by atoms with Gasteiger partial charge in [-0.3, -0.25) is 9.78 Å². The highest BCUT2D eigenvalue weighted by molar-refractivity contribution is 7.71. The van der Waals surface area contributed by atoms with Gasteiger partial charge in [0.05, 0.1) is 11.7 Å². The van der Waals surface area contributed by atoms with Crippen molar-refractivity contribution in [2.45, 2.75) is 26.2 Å². The molecule has 23 heavy (non-hydrogen) atoms. The Labute approximate surface area is 138 Å². The predicted molar refractivity (Wildman–Crippen MR) is 90.2 cm³/mol. The van der Waals surface area contributed by atoms with Crippen LogP contribution in [0.1, 0.15) is 33.8 Å². The molecule has 0 amide bonds. The van der Waals surface area contributed by atoms with Gasteiger partial charge in [0.25, 0.3) is 4.84 Å². The van der Waals surface area contributed by atoms with Gasteiger partial charge in [0.2, 0.25) is 5.91 Å². The number of oxazole rings is 1. The topological polar surface area (TPSA) is 48.0 Å². The van der Waals surface area contributed by atoms with Crippen molar-refractivity contribution in [2.24, 2.45) is 5.92 Å². The molecule has 1 aromatic carbocycles. The smallest absolute Gasteiger partial charge is 0.276 e. The summed E-state index contributed by atoms with van der Waals surface area (Å²) in [5, 5.41) is 0. The third-order valence-electron chi connectivity index (χ3n) is 4.67. The molecular weight excluding hydrogens is 308 g/mol. The zero-order valence-electron chi connectivity index (χ0n) is 12.9. The van der Waals surface area contributed by atoms with E-state index in [1.807, 2.05) is 0 Å². The van der Waals surface area contributed by atoms with Gasteiger partial charge in [0, 0.05) is 12.1 Å². The van der Waals surface area contributed by atoms with E-state index in [1.54, 1.807) is 18.5 Å². The molecule has 0 N–H and O–H groups in total. The molecule has 0 radical (unpaired) electrons. The number of hydrogen-bond acceptors (Lipinski definition) is 4. The Hall–Kier alpha value is -2.27. The van der Waals surface area contributed by atoms with Crippen molar-refractivity contribution in [3.8, 4) is 0 Å². The standard InChI is InChI=1S/C18H16N2O2S/c1-10-3-4-12(7-11(10)2)13-8-14(13)17(21)20-15-5-6-19-9-16(15)22-18(20)23/h3-7,9,13-14H,8H2,1-2H3. The molecule has 2 atom stereocenters. The maximum Gasteiger partial charge on any atom is 0.276 e. The number of fused-ring (bicyclic) bond motifs is 1. The highest BCUT2D eigenvalue weighted by atomic mass is 32.1. The fourth-order valence-corrected chi connectivity index (χ4v) is 3.36. The Morgan fingerprint density at radius 1 is 1.30 bits per heavy atom. The van der Waals surface area contributed by atoms with Gasteiger partial charge in [-0.05, 0) is 61.2 Å². The minimum absolute atomic E-state index is 0.0168. The van der Waals surface area contributed by atoms with E-state index in [0.29, 0.717) is 11.1 Å². The molecular formula is C18H16N2O2S.